The fourth-order valence-corrected chi connectivity index (χ4v) is 2.59. The predicted octanol–water partition coefficient (Wildman–Crippen LogP) is 2.73. The fraction of sp³-hybridized carbons (Fsp3) is 0.308. The van der Waals surface area contributed by atoms with E-state index < -0.39 is 0 Å². The van der Waals surface area contributed by atoms with E-state index in [-0.39, 0.29) is 6.04 Å². The summed E-state index contributed by atoms with van der Waals surface area (Å²) in [4.78, 5) is 0. The van der Waals surface area contributed by atoms with Gasteiger partial charge in [0.25, 0.3) is 0 Å². The van der Waals surface area contributed by atoms with Crippen LogP contribution in [0, 0.1) is 10.5 Å². The highest BCUT2D eigenvalue weighted by atomic mass is 127. The smallest absolute Gasteiger partial charge is 0.0596 e. The molecule has 0 aliphatic heterocycles. The minimum Gasteiger partial charge on any atom is -0.272 e. The number of nitrogens with zero attached hydrogens (tertiary/aromatic N) is 2. The van der Waals surface area contributed by atoms with Crippen molar-refractivity contribution in [2.75, 3.05) is 0 Å². The van der Waals surface area contributed by atoms with Crippen LogP contribution in [0.4, 0.5) is 0 Å². The van der Waals surface area contributed by atoms with Crippen LogP contribution in [0.2, 0.25) is 5.02 Å². The lowest BCUT2D eigenvalue weighted by molar-refractivity contribution is 0.530. The van der Waals surface area contributed by atoms with E-state index in [0.29, 0.717) is 0 Å². The van der Waals surface area contributed by atoms with Gasteiger partial charge < -0.3 is 0 Å². The molecule has 0 saturated carbocycles. The summed E-state index contributed by atoms with van der Waals surface area (Å²) in [6, 6.07) is 8.08. The zero-order chi connectivity index (χ0) is 14.0. The quantitative estimate of drug-likeness (QED) is 0.479. The molecule has 0 bridgehead atoms. The second-order valence-corrected chi connectivity index (χ2v) is 6.07. The highest BCUT2D eigenvalue weighted by Gasteiger charge is 2.14. The first-order chi connectivity index (χ1) is 9.01. The van der Waals surface area contributed by atoms with E-state index >= 15 is 0 Å². The van der Waals surface area contributed by atoms with Gasteiger partial charge in [0.2, 0.25) is 0 Å². The number of aromatic nitrogens is 2. The second kappa shape index (κ2) is 6.21. The van der Waals surface area contributed by atoms with Crippen LogP contribution in [0.5, 0.6) is 0 Å². The van der Waals surface area contributed by atoms with Crippen molar-refractivity contribution in [3.63, 3.8) is 0 Å². The molecule has 1 aromatic heterocycles. The van der Waals surface area contributed by atoms with Crippen molar-refractivity contribution in [2.24, 2.45) is 12.9 Å². The van der Waals surface area contributed by atoms with Gasteiger partial charge in [-0.1, -0.05) is 17.7 Å². The number of benzene rings is 1. The zero-order valence-electron chi connectivity index (χ0n) is 10.8. The summed E-state index contributed by atoms with van der Waals surface area (Å²) in [6.07, 6.45) is 0.769. The van der Waals surface area contributed by atoms with Gasteiger partial charge in [-0.05, 0) is 53.3 Å². The van der Waals surface area contributed by atoms with Crippen molar-refractivity contribution in [3.8, 4) is 0 Å². The summed E-state index contributed by atoms with van der Waals surface area (Å²) in [5.74, 6) is 5.67. The van der Waals surface area contributed by atoms with Crippen LogP contribution in [0.1, 0.15) is 23.0 Å². The molecule has 1 atom stereocenters. The molecule has 3 N–H and O–H groups in total. The molecule has 2 aromatic rings. The first kappa shape index (κ1) is 14.8. The maximum absolute atomic E-state index is 6.16. The third kappa shape index (κ3) is 3.47. The SMILES string of the molecule is Cc1cc(CC(NN)c2ccc(I)c(Cl)c2)n(C)n1. The maximum atomic E-state index is 6.16. The number of hydrogen-bond acceptors (Lipinski definition) is 3. The van der Waals surface area contributed by atoms with E-state index in [0.717, 1.165) is 32.0 Å². The monoisotopic (exact) mass is 390 g/mol. The van der Waals surface area contributed by atoms with Crippen molar-refractivity contribution in [1.82, 2.24) is 15.2 Å². The highest BCUT2D eigenvalue weighted by molar-refractivity contribution is 14.1. The molecule has 0 fully saturated rings. The highest BCUT2D eigenvalue weighted by Crippen LogP contribution is 2.25. The second-order valence-electron chi connectivity index (χ2n) is 4.50. The molecular weight excluding hydrogens is 375 g/mol. The standard InChI is InChI=1S/C13H16ClIN4/c1-8-5-10(19(2)18-8)7-13(17-16)9-3-4-12(15)11(14)6-9/h3-6,13,17H,7,16H2,1-2H3. The summed E-state index contributed by atoms with van der Waals surface area (Å²) in [6.45, 7) is 1.98. The van der Waals surface area contributed by atoms with Gasteiger partial charge in [0.1, 0.15) is 0 Å². The summed E-state index contributed by atoms with van der Waals surface area (Å²) >= 11 is 8.37. The molecule has 6 heteroatoms. The van der Waals surface area contributed by atoms with Crippen molar-refractivity contribution < 1.29 is 0 Å². The Bertz CT molecular complexity index is 582. The van der Waals surface area contributed by atoms with Crippen LogP contribution in [-0.2, 0) is 13.5 Å². The van der Waals surface area contributed by atoms with Gasteiger partial charge in [-0.3, -0.25) is 16.0 Å². The molecule has 0 aliphatic carbocycles. The third-order valence-electron chi connectivity index (χ3n) is 3.06. The van der Waals surface area contributed by atoms with Gasteiger partial charge in [-0.25, -0.2) is 0 Å². The van der Waals surface area contributed by atoms with E-state index in [1.807, 2.05) is 36.9 Å². The van der Waals surface area contributed by atoms with Crippen molar-refractivity contribution in [2.45, 2.75) is 19.4 Å². The lowest BCUT2D eigenvalue weighted by Crippen LogP contribution is -2.30. The van der Waals surface area contributed by atoms with E-state index in [4.69, 9.17) is 17.4 Å². The first-order valence-electron chi connectivity index (χ1n) is 5.92. The van der Waals surface area contributed by atoms with Gasteiger partial charge in [-0.2, -0.15) is 5.10 Å². The van der Waals surface area contributed by atoms with E-state index in [9.17, 15) is 0 Å². The number of rotatable bonds is 4. The average Bonchev–Trinajstić information content (AvgIpc) is 2.68. The largest absolute Gasteiger partial charge is 0.272 e. The maximum Gasteiger partial charge on any atom is 0.0596 e. The molecule has 1 unspecified atom stereocenters. The molecule has 1 heterocycles. The van der Waals surface area contributed by atoms with E-state index in [1.54, 1.807) is 0 Å². The van der Waals surface area contributed by atoms with Crippen LogP contribution >= 0.6 is 34.2 Å². The minimum absolute atomic E-state index is 0.0179. The Morgan fingerprint density at radius 3 is 2.74 bits per heavy atom. The van der Waals surface area contributed by atoms with Gasteiger partial charge in [0, 0.05) is 22.7 Å². The van der Waals surface area contributed by atoms with Crippen molar-refractivity contribution in [3.05, 3.63) is 49.8 Å². The molecule has 0 spiro atoms. The number of hydrogen-bond donors (Lipinski definition) is 2. The van der Waals surface area contributed by atoms with Gasteiger partial charge in [0.15, 0.2) is 0 Å². The molecule has 102 valence electrons. The number of nitrogens with two attached hydrogens (primary N) is 1. The zero-order valence-corrected chi connectivity index (χ0v) is 13.7. The molecule has 1 aromatic carbocycles. The molecule has 4 nitrogen and oxygen atoms in total. The van der Waals surface area contributed by atoms with Crippen LogP contribution in [-0.4, -0.2) is 9.78 Å². The summed E-state index contributed by atoms with van der Waals surface area (Å²) in [7, 11) is 1.94. The van der Waals surface area contributed by atoms with Crippen molar-refractivity contribution >= 4 is 34.2 Å². The number of hydrazine groups is 1. The normalized spacial score (nSPS) is 12.7. The average molecular weight is 391 g/mol. The Morgan fingerprint density at radius 1 is 1.47 bits per heavy atom. The van der Waals surface area contributed by atoms with Crippen LogP contribution in [0.15, 0.2) is 24.3 Å². The molecule has 0 aliphatic rings. The molecule has 0 radical (unpaired) electrons. The lowest BCUT2D eigenvalue weighted by atomic mass is 10.0. The molecular formula is C13H16ClIN4. The predicted molar refractivity (Wildman–Crippen MR) is 85.9 cm³/mol. The number of nitrogens with one attached hydrogen (secondary N) is 1. The lowest BCUT2D eigenvalue weighted by Gasteiger charge is -2.17. The molecule has 0 saturated heterocycles. The summed E-state index contributed by atoms with van der Waals surface area (Å²) < 4.78 is 2.92. The third-order valence-corrected chi connectivity index (χ3v) is 4.63. The Kier molecular flexibility index (Phi) is 4.83. The topological polar surface area (TPSA) is 55.9 Å². The van der Waals surface area contributed by atoms with Gasteiger partial charge in [0.05, 0.1) is 16.8 Å². The van der Waals surface area contributed by atoms with Crippen molar-refractivity contribution in [1.29, 1.82) is 0 Å². The van der Waals surface area contributed by atoms with Gasteiger partial charge >= 0.3 is 0 Å². The Hall–Kier alpha value is -0.630. The van der Waals surface area contributed by atoms with E-state index in [1.165, 1.54) is 0 Å². The summed E-state index contributed by atoms with van der Waals surface area (Å²) in [5.41, 5.74) is 6.07. The number of halogens is 2. The first-order valence-corrected chi connectivity index (χ1v) is 7.37. The minimum atomic E-state index is 0.0179. The Balaban J connectivity index is 2.24. The molecule has 19 heavy (non-hydrogen) atoms. The van der Waals surface area contributed by atoms with Gasteiger partial charge in [-0.15, -0.1) is 0 Å². The fourth-order valence-electron chi connectivity index (χ4n) is 2.07. The van der Waals surface area contributed by atoms with Crippen LogP contribution in [0.3, 0.4) is 0 Å². The molecule has 2 rings (SSSR count). The Labute approximate surface area is 131 Å². The number of aryl methyl sites for hydroxylation is 2. The summed E-state index contributed by atoms with van der Waals surface area (Å²) in [5, 5.41) is 5.09. The van der Waals surface area contributed by atoms with Crippen LogP contribution in [0.25, 0.3) is 0 Å². The Morgan fingerprint density at radius 2 is 2.21 bits per heavy atom. The van der Waals surface area contributed by atoms with Crippen LogP contribution < -0.4 is 11.3 Å². The van der Waals surface area contributed by atoms with E-state index in [2.05, 4.69) is 39.2 Å². The molecule has 0 amide bonds.